The number of fused-ring (bicyclic) bond motifs is 1. The number of para-hydroxylation sites is 2. The molecule has 1 aliphatic carbocycles. The van der Waals surface area contributed by atoms with Crippen LogP contribution in [-0.4, -0.2) is 60.0 Å². The highest BCUT2D eigenvalue weighted by molar-refractivity contribution is 5.80. The first-order chi connectivity index (χ1) is 14.2. The van der Waals surface area contributed by atoms with Crippen molar-refractivity contribution in [1.29, 1.82) is 0 Å². The van der Waals surface area contributed by atoms with Crippen molar-refractivity contribution < 1.29 is 4.79 Å². The van der Waals surface area contributed by atoms with Gasteiger partial charge >= 0.3 is 0 Å². The zero-order chi connectivity index (χ0) is 20.1. The smallest absolute Gasteiger partial charge is 0.224 e. The molecule has 4 rings (SSSR count). The largest absolute Gasteiger partial charge is 0.356 e. The van der Waals surface area contributed by atoms with E-state index in [0.717, 1.165) is 68.5 Å². The molecule has 1 atom stereocenters. The van der Waals surface area contributed by atoms with Crippen molar-refractivity contribution in [3.63, 3.8) is 0 Å². The molecule has 29 heavy (non-hydrogen) atoms. The Morgan fingerprint density at radius 1 is 1.21 bits per heavy atom. The molecule has 1 aromatic carbocycles. The summed E-state index contributed by atoms with van der Waals surface area (Å²) < 4.78 is 0. The van der Waals surface area contributed by atoms with Gasteiger partial charge in [0.05, 0.1) is 17.0 Å². The molecular weight excluding hydrogens is 362 g/mol. The molecule has 1 unspecified atom stereocenters. The maximum Gasteiger partial charge on any atom is 0.224 e. The molecule has 2 aromatic rings. The Hall–Kier alpha value is -2.08. The SMILES string of the molecule is CN(CCCNC(=O)C1CCCN(c2nc3ccccc3[nH]2)C1)C1CCCCC1. The summed E-state index contributed by atoms with van der Waals surface area (Å²) in [5, 5.41) is 3.19. The number of piperidine rings is 1. The summed E-state index contributed by atoms with van der Waals surface area (Å²) in [4.78, 5) is 25.5. The number of H-pyrrole nitrogens is 1. The van der Waals surface area contributed by atoms with Gasteiger partial charge in [0.1, 0.15) is 0 Å². The van der Waals surface area contributed by atoms with E-state index in [1.807, 2.05) is 24.3 Å². The number of hydrogen-bond donors (Lipinski definition) is 2. The molecule has 0 bridgehead atoms. The fourth-order valence-corrected chi connectivity index (χ4v) is 4.86. The molecule has 2 heterocycles. The fourth-order valence-electron chi connectivity index (χ4n) is 4.86. The predicted molar refractivity (Wildman–Crippen MR) is 118 cm³/mol. The number of carbonyl (C=O) groups is 1. The Bertz CT molecular complexity index is 764. The third-order valence-electron chi connectivity index (χ3n) is 6.65. The van der Waals surface area contributed by atoms with Gasteiger partial charge in [-0.25, -0.2) is 4.98 Å². The average Bonchev–Trinajstić information content (AvgIpc) is 3.21. The number of amides is 1. The van der Waals surface area contributed by atoms with E-state index in [4.69, 9.17) is 4.98 Å². The van der Waals surface area contributed by atoms with Crippen molar-refractivity contribution in [1.82, 2.24) is 20.2 Å². The molecule has 6 nitrogen and oxygen atoms in total. The second-order valence-electron chi connectivity index (χ2n) is 8.78. The highest BCUT2D eigenvalue weighted by Crippen LogP contribution is 2.24. The summed E-state index contributed by atoms with van der Waals surface area (Å²) in [7, 11) is 2.24. The molecule has 1 saturated carbocycles. The number of aromatic nitrogens is 2. The zero-order valence-electron chi connectivity index (χ0n) is 17.7. The van der Waals surface area contributed by atoms with Crippen LogP contribution in [0, 0.1) is 5.92 Å². The molecule has 0 spiro atoms. The Kier molecular flexibility index (Phi) is 6.70. The molecule has 1 saturated heterocycles. The summed E-state index contributed by atoms with van der Waals surface area (Å²) in [6.07, 6.45) is 9.82. The van der Waals surface area contributed by atoms with Crippen molar-refractivity contribution in [3.05, 3.63) is 24.3 Å². The van der Waals surface area contributed by atoms with Crippen LogP contribution in [0.3, 0.4) is 0 Å². The highest BCUT2D eigenvalue weighted by Gasteiger charge is 2.27. The van der Waals surface area contributed by atoms with Crippen LogP contribution in [0.2, 0.25) is 0 Å². The lowest BCUT2D eigenvalue weighted by Gasteiger charge is -2.32. The van der Waals surface area contributed by atoms with Crippen LogP contribution < -0.4 is 10.2 Å². The quantitative estimate of drug-likeness (QED) is 0.702. The van der Waals surface area contributed by atoms with Crippen LogP contribution in [0.4, 0.5) is 5.95 Å². The molecule has 158 valence electrons. The molecule has 1 aromatic heterocycles. The van der Waals surface area contributed by atoms with Gasteiger partial charge in [0.15, 0.2) is 0 Å². The number of hydrogen-bond acceptors (Lipinski definition) is 4. The number of aromatic amines is 1. The Balaban J connectivity index is 1.22. The minimum absolute atomic E-state index is 0.0491. The number of nitrogens with zero attached hydrogens (tertiary/aromatic N) is 3. The Morgan fingerprint density at radius 3 is 2.86 bits per heavy atom. The van der Waals surface area contributed by atoms with Gasteiger partial charge < -0.3 is 20.1 Å². The normalized spacial score (nSPS) is 21.0. The van der Waals surface area contributed by atoms with Crippen LogP contribution in [0.1, 0.15) is 51.4 Å². The van der Waals surface area contributed by atoms with Gasteiger partial charge in [0.25, 0.3) is 0 Å². The van der Waals surface area contributed by atoms with E-state index in [2.05, 4.69) is 27.1 Å². The topological polar surface area (TPSA) is 64.3 Å². The maximum atomic E-state index is 12.7. The summed E-state index contributed by atoms with van der Waals surface area (Å²) in [6, 6.07) is 8.83. The summed E-state index contributed by atoms with van der Waals surface area (Å²) in [5.41, 5.74) is 2.03. The molecule has 2 N–H and O–H groups in total. The van der Waals surface area contributed by atoms with Gasteiger partial charge in [-0.1, -0.05) is 31.4 Å². The number of benzene rings is 1. The summed E-state index contributed by atoms with van der Waals surface area (Å²) in [6.45, 7) is 3.54. The fraction of sp³-hybridized carbons (Fsp3) is 0.652. The first-order valence-electron chi connectivity index (χ1n) is 11.4. The van der Waals surface area contributed by atoms with Crippen LogP contribution >= 0.6 is 0 Å². The van der Waals surface area contributed by atoms with Crippen LogP contribution in [0.5, 0.6) is 0 Å². The van der Waals surface area contributed by atoms with E-state index in [1.165, 1.54) is 32.1 Å². The van der Waals surface area contributed by atoms with Gasteiger partial charge in [-0.3, -0.25) is 4.79 Å². The summed E-state index contributed by atoms with van der Waals surface area (Å²) >= 11 is 0. The predicted octanol–water partition coefficient (Wildman–Crippen LogP) is 3.55. The van der Waals surface area contributed by atoms with E-state index >= 15 is 0 Å². The van der Waals surface area contributed by atoms with E-state index in [1.54, 1.807) is 0 Å². The minimum atomic E-state index is 0.0491. The van der Waals surface area contributed by atoms with Gasteiger partial charge in [0, 0.05) is 25.7 Å². The molecule has 2 fully saturated rings. The summed E-state index contributed by atoms with van der Waals surface area (Å²) in [5.74, 6) is 1.14. The van der Waals surface area contributed by atoms with Gasteiger partial charge in [0.2, 0.25) is 11.9 Å². The second-order valence-corrected chi connectivity index (χ2v) is 8.78. The molecule has 0 radical (unpaired) electrons. The standard InChI is InChI=1S/C23H35N5O/c1-27(19-10-3-2-4-11-19)15-8-14-24-22(29)18-9-7-16-28(17-18)23-25-20-12-5-6-13-21(20)26-23/h5-6,12-13,18-19H,2-4,7-11,14-17H2,1H3,(H,24,29)(H,25,26). The van der Waals surface area contributed by atoms with E-state index < -0.39 is 0 Å². The number of carbonyl (C=O) groups excluding carboxylic acids is 1. The number of imidazole rings is 1. The third-order valence-corrected chi connectivity index (χ3v) is 6.65. The van der Waals surface area contributed by atoms with E-state index in [0.29, 0.717) is 0 Å². The maximum absolute atomic E-state index is 12.7. The number of anilines is 1. The lowest BCUT2D eigenvalue weighted by Crippen LogP contribution is -2.44. The molecule has 1 aliphatic heterocycles. The Labute approximate surface area is 174 Å². The lowest BCUT2D eigenvalue weighted by atomic mass is 9.94. The zero-order valence-corrected chi connectivity index (χ0v) is 17.7. The second kappa shape index (κ2) is 9.61. The number of rotatable bonds is 7. The minimum Gasteiger partial charge on any atom is -0.356 e. The van der Waals surface area contributed by atoms with Crippen LogP contribution in [-0.2, 0) is 4.79 Å². The van der Waals surface area contributed by atoms with Gasteiger partial charge in [-0.15, -0.1) is 0 Å². The van der Waals surface area contributed by atoms with Crippen molar-refractivity contribution in [3.8, 4) is 0 Å². The van der Waals surface area contributed by atoms with E-state index in [-0.39, 0.29) is 11.8 Å². The van der Waals surface area contributed by atoms with Crippen LogP contribution in [0.25, 0.3) is 11.0 Å². The van der Waals surface area contributed by atoms with Crippen molar-refractivity contribution in [2.24, 2.45) is 5.92 Å². The average molecular weight is 398 g/mol. The van der Waals surface area contributed by atoms with Crippen LogP contribution in [0.15, 0.2) is 24.3 Å². The lowest BCUT2D eigenvalue weighted by molar-refractivity contribution is -0.125. The monoisotopic (exact) mass is 397 g/mol. The van der Waals surface area contributed by atoms with Crippen molar-refractivity contribution in [2.75, 3.05) is 38.1 Å². The molecule has 2 aliphatic rings. The Morgan fingerprint density at radius 2 is 2.03 bits per heavy atom. The van der Waals surface area contributed by atoms with Crippen molar-refractivity contribution in [2.45, 2.75) is 57.4 Å². The first kappa shape index (κ1) is 20.2. The first-order valence-corrected chi connectivity index (χ1v) is 11.4. The number of nitrogens with one attached hydrogen (secondary N) is 2. The van der Waals surface area contributed by atoms with Crippen molar-refractivity contribution >= 4 is 22.9 Å². The van der Waals surface area contributed by atoms with Gasteiger partial charge in [-0.05, 0) is 57.8 Å². The van der Waals surface area contributed by atoms with E-state index in [9.17, 15) is 4.79 Å². The third kappa shape index (κ3) is 5.10. The van der Waals surface area contributed by atoms with Gasteiger partial charge in [-0.2, -0.15) is 0 Å². The molecular formula is C23H35N5O. The highest BCUT2D eigenvalue weighted by atomic mass is 16.1. The molecule has 6 heteroatoms. The molecule has 1 amide bonds.